The number of aromatic nitrogens is 1. The number of nitrogens with zero attached hydrogens (tertiary/aromatic N) is 3. The predicted octanol–water partition coefficient (Wildman–Crippen LogP) is 6.10. The highest BCUT2D eigenvalue weighted by Gasteiger charge is 2.34. The van der Waals surface area contributed by atoms with E-state index in [1.165, 1.54) is 18.9 Å². The Balaban J connectivity index is 1.24. The second-order valence-electron chi connectivity index (χ2n) is 14.0. The number of anilines is 1. The number of likely N-dealkylation sites (tertiary alicyclic amines) is 1. The van der Waals surface area contributed by atoms with Gasteiger partial charge in [-0.05, 0) is 101 Å². The molecule has 3 aromatic carbocycles. The molecule has 11 heteroatoms. The van der Waals surface area contributed by atoms with Gasteiger partial charge in [0.2, 0.25) is 5.43 Å². The highest BCUT2D eigenvalue weighted by molar-refractivity contribution is 6.02. The van der Waals surface area contributed by atoms with Gasteiger partial charge in [0, 0.05) is 25.8 Å². The van der Waals surface area contributed by atoms with Crippen LogP contribution in [0.15, 0.2) is 53.5 Å². The SMILES string of the molecule is CC(C)(C)OC(=O)NC1CCN(c2c(F)cc3c(=O)c(C(=O)NCCCCN4CCCC4)cn4c3c2Oc2cc3ccccc3cc2-4)C1. The summed E-state index contributed by atoms with van der Waals surface area (Å²) in [4.78, 5) is 44.1. The lowest BCUT2D eigenvalue weighted by atomic mass is 10.0. The second kappa shape index (κ2) is 12.8. The van der Waals surface area contributed by atoms with Crippen molar-refractivity contribution in [3.63, 3.8) is 0 Å². The molecule has 4 aromatic rings. The highest BCUT2D eigenvalue weighted by Crippen LogP contribution is 2.48. The van der Waals surface area contributed by atoms with E-state index in [2.05, 4.69) is 15.5 Å². The van der Waals surface area contributed by atoms with Gasteiger partial charge >= 0.3 is 6.09 Å². The molecule has 48 heavy (non-hydrogen) atoms. The van der Waals surface area contributed by atoms with Crippen molar-refractivity contribution in [2.24, 2.45) is 0 Å². The third-order valence-electron chi connectivity index (χ3n) is 9.33. The molecule has 1 atom stereocenters. The van der Waals surface area contributed by atoms with E-state index < -0.39 is 28.8 Å². The number of nitrogens with one attached hydrogen (secondary N) is 2. The van der Waals surface area contributed by atoms with Gasteiger partial charge < -0.3 is 34.5 Å². The molecular weight excluding hydrogens is 613 g/mol. The van der Waals surface area contributed by atoms with Crippen LogP contribution in [0.25, 0.3) is 27.4 Å². The standard InChI is InChI=1S/C37H42FN5O5/c1-37(2,3)48-36(46)40-25-12-17-42(21-25)32-28(38)20-26-31-34(32)47-30-19-24-11-5-4-10-23(24)18-29(30)43(31)22-27(33(26)44)35(45)39-13-6-7-14-41-15-8-9-16-41/h4-5,10-11,18-20,22,25H,6-9,12-17,21H2,1-3H3,(H,39,45)(H,40,46). The topological polar surface area (TPSA) is 105 Å². The summed E-state index contributed by atoms with van der Waals surface area (Å²) in [7, 11) is 0. The van der Waals surface area contributed by atoms with Crippen LogP contribution in [0.4, 0.5) is 14.9 Å². The fourth-order valence-corrected chi connectivity index (χ4v) is 7.07. The zero-order chi connectivity index (χ0) is 33.6. The van der Waals surface area contributed by atoms with Gasteiger partial charge in [-0.15, -0.1) is 0 Å². The van der Waals surface area contributed by atoms with Crippen molar-refractivity contribution in [3.05, 3.63) is 70.3 Å². The largest absolute Gasteiger partial charge is 0.451 e. The lowest BCUT2D eigenvalue weighted by molar-refractivity contribution is 0.0508. The Morgan fingerprint density at radius 1 is 1.04 bits per heavy atom. The molecule has 2 fully saturated rings. The Bertz CT molecular complexity index is 1960. The van der Waals surface area contributed by atoms with Crippen LogP contribution >= 0.6 is 0 Å². The minimum absolute atomic E-state index is 0.0519. The average molecular weight is 656 g/mol. The van der Waals surface area contributed by atoms with Gasteiger partial charge in [-0.2, -0.15) is 0 Å². The van der Waals surface area contributed by atoms with Crippen molar-refractivity contribution in [2.75, 3.05) is 44.2 Å². The Hall–Kier alpha value is -4.64. The maximum Gasteiger partial charge on any atom is 0.407 e. The van der Waals surface area contributed by atoms with Gasteiger partial charge in [0.15, 0.2) is 17.3 Å². The molecule has 0 aliphatic carbocycles. The summed E-state index contributed by atoms with van der Waals surface area (Å²) in [6.45, 7) is 9.88. The van der Waals surface area contributed by atoms with Crippen molar-refractivity contribution in [3.8, 4) is 17.2 Å². The number of hydrogen-bond acceptors (Lipinski definition) is 7. The van der Waals surface area contributed by atoms with Crippen LogP contribution in [0.3, 0.4) is 0 Å². The number of ether oxygens (including phenoxy) is 2. The van der Waals surface area contributed by atoms with Gasteiger partial charge in [-0.1, -0.05) is 24.3 Å². The number of benzene rings is 3. The normalized spacial score (nSPS) is 17.4. The molecule has 1 unspecified atom stereocenters. The second-order valence-corrected chi connectivity index (χ2v) is 14.0. The molecule has 2 N–H and O–H groups in total. The Kier molecular flexibility index (Phi) is 8.49. The van der Waals surface area contributed by atoms with Crippen LogP contribution in [-0.2, 0) is 4.74 Å². The molecule has 0 radical (unpaired) electrons. The van der Waals surface area contributed by atoms with Crippen LogP contribution in [0, 0.1) is 5.82 Å². The molecule has 252 valence electrons. The molecule has 0 saturated carbocycles. The first-order chi connectivity index (χ1) is 23.1. The van der Waals surface area contributed by atoms with E-state index >= 15 is 4.39 Å². The number of amides is 2. The van der Waals surface area contributed by atoms with E-state index in [9.17, 15) is 14.4 Å². The van der Waals surface area contributed by atoms with Gasteiger partial charge in [-0.25, -0.2) is 9.18 Å². The Labute approximate surface area is 278 Å². The van der Waals surface area contributed by atoms with Crippen molar-refractivity contribution < 1.29 is 23.5 Å². The highest BCUT2D eigenvalue weighted by atomic mass is 19.1. The van der Waals surface area contributed by atoms with E-state index in [1.54, 1.807) is 31.5 Å². The monoisotopic (exact) mass is 655 g/mol. The molecule has 4 heterocycles. The van der Waals surface area contributed by atoms with Crippen molar-refractivity contribution >= 4 is 39.4 Å². The fraction of sp³-hybridized carbons (Fsp3) is 0.432. The Morgan fingerprint density at radius 2 is 1.79 bits per heavy atom. The molecule has 0 spiro atoms. The molecular formula is C37H42FN5O5. The molecule has 7 rings (SSSR count). The van der Waals surface area contributed by atoms with Crippen LogP contribution in [0.2, 0.25) is 0 Å². The minimum Gasteiger partial charge on any atom is -0.451 e. The lowest BCUT2D eigenvalue weighted by Gasteiger charge is -2.29. The predicted molar refractivity (Wildman–Crippen MR) is 184 cm³/mol. The van der Waals surface area contributed by atoms with Gasteiger partial charge in [0.1, 0.15) is 22.4 Å². The molecule has 3 aliphatic rings. The van der Waals surface area contributed by atoms with E-state index in [4.69, 9.17) is 9.47 Å². The van der Waals surface area contributed by atoms with Crippen molar-refractivity contribution in [1.82, 2.24) is 20.1 Å². The lowest BCUT2D eigenvalue weighted by Crippen LogP contribution is -2.40. The number of carbonyl (C=O) groups is 2. The number of pyridine rings is 1. The summed E-state index contributed by atoms with van der Waals surface area (Å²) in [6, 6.07) is 12.6. The van der Waals surface area contributed by atoms with Gasteiger partial charge in [0.25, 0.3) is 5.91 Å². The van der Waals surface area contributed by atoms with E-state index in [0.717, 1.165) is 43.2 Å². The number of unbranched alkanes of at least 4 members (excludes halogenated alkanes) is 1. The summed E-state index contributed by atoms with van der Waals surface area (Å²) in [5.41, 5.74) is -0.00245. The van der Waals surface area contributed by atoms with E-state index in [-0.39, 0.29) is 28.4 Å². The number of rotatable bonds is 8. The fourth-order valence-electron chi connectivity index (χ4n) is 7.07. The summed E-state index contributed by atoms with van der Waals surface area (Å²) >= 11 is 0. The van der Waals surface area contributed by atoms with Crippen LogP contribution in [-0.4, -0.2) is 72.4 Å². The first kappa shape index (κ1) is 31.9. The van der Waals surface area contributed by atoms with Crippen LogP contribution in [0.5, 0.6) is 11.5 Å². The molecule has 2 saturated heterocycles. The molecule has 1 aromatic heterocycles. The number of halogens is 1. The third-order valence-corrected chi connectivity index (χ3v) is 9.33. The number of alkyl carbamates (subject to hydrolysis) is 1. The zero-order valence-corrected chi connectivity index (χ0v) is 27.7. The smallest absolute Gasteiger partial charge is 0.407 e. The van der Waals surface area contributed by atoms with E-state index in [0.29, 0.717) is 43.0 Å². The zero-order valence-electron chi connectivity index (χ0n) is 27.7. The van der Waals surface area contributed by atoms with Gasteiger partial charge in [-0.3, -0.25) is 9.59 Å². The third kappa shape index (κ3) is 6.31. The number of carbonyl (C=O) groups excluding carboxylic acids is 2. The van der Waals surface area contributed by atoms with Crippen molar-refractivity contribution in [1.29, 1.82) is 0 Å². The Morgan fingerprint density at radius 3 is 2.54 bits per heavy atom. The summed E-state index contributed by atoms with van der Waals surface area (Å²) in [5.74, 6) is -0.435. The van der Waals surface area contributed by atoms with Crippen LogP contribution in [0.1, 0.15) is 63.2 Å². The first-order valence-corrected chi connectivity index (χ1v) is 16.9. The van der Waals surface area contributed by atoms with Crippen molar-refractivity contribution in [2.45, 2.75) is 64.5 Å². The number of fused-ring (bicyclic) bond motifs is 3. The average Bonchev–Trinajstić information content (AvgIpc) is 3.72. The van der Waals surface area contributed by atoms with Crippen LogP contribution < -0.4 is 25.7 Å². The summed E-state index contributed by atoms with van der Waals surface area (Å²) in [5, 5.41) is 7.77. The quantitative estimate of drug-likeness (QED) is 0.195. The minimum atomic E-state index is -0.644. The molecule has 3 aliphatic heterocycles. The molecule has 0 bridgehead atoms. The maximum atomic E-state index is 16.3. The molecule has 10 nitrogen and oxygen atoms in total. The first-order valence-electron chi connectivity index (χ1n) is 16.9. The van der Waals surface area contributed by atoms with Gasteiger partial charge in [0.05, 0.1) is 17.1 Å². The number of hydrogen-bond donors (Lipinski definition) is 2. The summed E-state index contributed by atoms with van der Waals surface area (Å²) < 4.78 is 30.0. The summed E-state index contributed by atoms with van der Waals surface area (Å²) in [6.07, 6.45) is 5.84. The van der Waals surface area contributed by atoms with E-state index in [1.807, 2.05) is 41.3 Å². The molecule has 2 amide bonds. The maximum absolute atomic E-state index is 16.3.